The summed E-state index contributed by atoms with van der Waals surface area (Å²) in [6, 6.07) is 12.4. The quantitative estimate of drug-likeness (QED) is 0.604. The number of quaternary nitrogens is 2. The van der Waals surface area contributed by atoms with Gasteiger partial charge in [0.15, 0.2) is 11.5 Å². The van der Waals surface area contributed by atoms with Gasteiger partial charge in [0.1, 0.15) is 44.9 Å². The largest absolute Gasteiger partial charge is 0.454 e. The molecule has 0 bridgehead atoms. The average molecular weight is 421 g/mol. The second-order valence-corrected chi connectivity index (χ2v) is 9.10. The lowest BCUT2D eigenvalue weighted by molar-refractivity contribution is -1.02. The molecule has 1 aromatic heterocycles. The van der Waals surface area contributed by atoms with Crippen LogP contribution in [0.5, 0.6) is 11.5 Å². The first-order valence-electron chi connectivity index (χ1n) is 11.4. The van der Waals surface area contributed by atoms with E-state index < -0.39 is 0 Å². The van der Waals surface area contributed by atoms with Crippen molar-refractivity contribution in [3.63, 3.8) is 0 Å². The van der Waals surface area contributed by atoms with E-state index in [-0.39, 0.29) is 5.63 Å². The van der Waals surface area contributed by atoms with Gasteiger partial charge < -0.3 is 23.7 Å². The second-order valence-electron chi connectivity index (χ2n) is 9.10. The zero-order valence-electron chi connectivity index (χ0n) is 17.7. The monoisotopic (exact) mass is 420 g/mol. The summed E-state index contributed by atoms with van der Waals surface area (Å²) in [6.45, 7) is 6.67. The van der Waals surface area contributed by atoms with Crippen LogP contribution in [0.2, 0.25) is 0 Å². The van der Waals surface area contributed by atoms with Crippen molar-refractivity contribution < 1.29 is 23.7 Å². The molecule has 1 aliphatic carbocycles. The molecule has 160 valence electrons. The maximum absolute atomic E-state index is 12.2. The number of hydrogen-bond donors (Lipinski definition) is 2. The molecule has 31 heavy (non-hydrogen) atoms. The van der Waals surface area contributed by atoms with Gasteiger partial charge in [-0.05, 0) is 60.7 Å². The zero-order chi connectivity index (χ0) is 20.8. The van der Waals surface area contributed by atoms with Crippen LogP contribution in [0.3, 0.4) is 0 Å². The highest BCUT2D eigenvalue weighted by atomic mass is 16.7. The summed E-state index contributed by atoms with van der Waals surface area (Å²) >= 11 is 0. The minimum atomic E-state index is -0.230. The van der Waals surface area contributed by atoms with E-state index in [1.807, 2.05) is 6.07 Å². The van der Waals surface area contributed by atoms with E-state index in [2.05, 4.69) is 24.3 Å². The number of hydrogen-bond acceptors (Lipinski definition) is 4. The van der Waals surface area contributed by atoms with Gasteiger partial charge in [0, 0.05) is 22.6 Å². The molecule has 6 nitrogen and oxygen atoms in total. The fourth-order valence-electron chi connectivity index (χ4n) is 5.36. The molecule has 0 unspecified atom stereocenters. The van der Waals surface area contributed by atoms with Crippen molar-refractivity contribution >= 4 is 11.0 Å². The van der Waals surface area contributed by atoms with Crippen molar-refractivity contribution in [3.8, 4) is 11.5 Å². The number of rotatable bonds is 4. The maximum Gasteiger partial charge on any atom is 0.336 e. The molecule has 1 saturated heterocycles. The molecular formula is C25H28N2O4+2. The molecule has 0 spiro atoms. The van der Waals surface area contributed by atoms with Crippen LogP contribution in [0.25, 0.3) is 11.0 Å². The lowest BCUT2D eigenvalue weighted by atomic mass is 10.0. The smallest absolute Gasteiger partial charge is 0.336 e. The van der Waals surface area contributed by atoms with Crippen LogP contribution in [-0.4, -0.2) is 33.0 Å². The topological polar surface area (TPSA) is 57.6 Å². The average Bonchev–Trinajstić information content (AvgIpc) is 3.42. The fourth-order valence-corrected chi connectivity index (χ4v) is 5.36. The number of piperazine rings is 1. The Balaban J connectivity index is 1.14. The van der Waals surface area contributed by atoms with E-state index in [0.717, 1.165) is 80.1 Å². The molecule has 3 aromatic rings. The van der Waals surface area contributed by atoms with Crippen LogP contribution in [0.1, 0.15) is 28.7 Å². The molecule has 6 heteroatoms. The molecule has 2 N–H and O–H groups in total. The summed E-state index contributed by atoms with van der Waals surface area (Å²) in [6.07, 6.45) is 3.43. The molecule has 0 amide bonds. The SMILES string of the molecule is O=c1cc(C[NH+]2CC[NH+](Cc3ccc4c(c3)OCO4)CC2)c2cc3c(cc2o1)CCC3. The normalized spacial score (nSPS) is 22.1. The fraction of sp³-hybridized carbons (Fsp3) is 0.400. The second kappa shape index (κ2) is 7.70. The molecule has 3 aliphatic rings. The van der Waals surface area contributed by atoms with Gasteiger partial charge in [0.25, 0.3) is 0 Å². The summed E-state index contributed by atoms with van der Waals surface area (Å²) in [5.41, 5.74) is 5.73. The Hall–Kier alpha value is -2.83. The van der Waals surface area contributed by atoms with Crippen molar-refractivity contribution in [1.82, 2.24) is 0 Å². The molecule has 1 fully saturated rings. The highest BCUT2D eigenvalue weighted by molar-refractivity contribution is 5.82. The van der Waals surface area contributed by atoms with Crippen LogP contribution in [-0.2, 0) is 25.9 Å². The Morgan fingerprint density at radius 1 is 0.806 bits per heavy atom. The van der Waals surface area contributed by atoms with Crippen LogP contribution in [0, 0.1) is 0 Å². The number of fused-ring (bicyclic) bond motifs is 3. The highest BCUT2D eigenvalue weighted by Crippen LogP contribution is 2.32. The minimum Gasteiger partial charge on any atom is -0.454 e. The molecule has 6 rings (SSSR count). The Morgan fingerprint density at radius 2 is 1.55 bits per heavy atom. The Kier molecular flexibility index (Phi) is 4.69. The zero-order valence-corrected chi connectivity index (χ0v) is 17.7. The van der Waals surface area contributed by atoms with Crippen molar-refractivity contribution in [2.75, 3.05) is 33.0 Å². The highest BCUT2D eigenvalue weighted by Gasteiger charge is 2.25. The first kappa shape index (κ1) is 18.9. The third-order valence-electron chi connectivity index (χ3n) is 7.04. The summed E-state index contributed by atoms with van der Waals surface area (Å²) in [5, 5.41) is 1.13. The summed E-state index contributed by atoms with van der Waals surface area (Å²) in [5.74, 6) is 1.71. The number of nitrogens with one attached hydrogen (secondary N) is 2. The van der Waals surface area contributed by atoms with E-state index in [9.17, 15) is 4.79 Å². The Bertz CT molecular complexity index is 1190. The van der Waals surface area contributed by atoms with Gasteiger partial charge in [0.05, 0.1) is 0 Å². The third kappa shape index (κ3) is 3.70. The van der Waals surface area contributed by atoms with Crippen LogP contribution < -0.4 is 24.9 Å². The number of ether oxygens (including phenoxy) is 2. The van der Waals surface area contributed by atoms with Gasteiger partial charge in [-0.1, -0.05) is 0 Å². The van der Waals surface area contributed by atoms with E-state index >= 15 is 0 Å². The van der Waals surface area contributed by atoms with Crippen molar-refractivity contribution in [1.29, 1.82) is 0 Å². The molecule has 0 radical (unpaired) electrons. The number of aryl methyl sites for hydroxylation is 2. The molecule has 0 atom stereocenters. The lowest BCUT2D eigenvalue weighted by Gasteiger charge is -2.30. The van der Waals surface area contributed by atoms with Gasteiger partial charge in [-0.2, -0.15) is 0 Å². The first-order valence-corrected chi connectivity index (χ1v) is 11.4. The first-order chi connectivity index (χ1) is 15.2. The standard InChI is InChI=1S/C25H26N2O4/c28-25-13-20(21-11-18-2-1-3-19(18)12-23(21)31-25)15-27-8-6-26(7-9-27)14-17-4-5-22-24(10-17)30-16-29-22/h4-5,10-13H,1-3,6-9,14-16H2/p+2. The van der Waals surface area contributed by atoms with E-state index in [1.54, 1.807) is 15.9 Å². The van der Waals surface area contributed by atoms with Crippen molar-refractivity contribution in [2.45, 2.75) is 32.4 Å². The van der Waals surface area contributed by atoms with Crippen LogP contribution in [0.15, 0.2) is 45.6 Å². The summed E-state index contributed by atoms with van der Waals surface area (Å²) < 4.78 is 16.5. The number of benzene rings is 2. The molecular weight excluding hydrogens is 392 g/mol. The Morgan fingerprint density at radius 3 is 2.39 bits per heavy atom. The van der Waals surface area contributed by atoms with Crippen molar-refractivity contribution in [2.24, 2.45) is 0 Å². The minimum absolute atomic E-state index is 0.230. The van der Waals surface area contributed by atoms with Gasteiger partial charge in [-0.3, -0.25) is 0 Å². The molecule has 3 heterocycles. The summed E-state index contributed by atoms with van der Waals surface area (Å²) in [7, 11) is 0. The van der Waals surface area contributed by atoms with Crippen molar-refractivity contribution in [3.05, 3.63) is 69.1 Å². The van der Waals surface area contributed by atoms with Gasteiger partial charge in [-0.25, -0.2) is 4.79 Å². The predicted octanol–water partition coefficient (Wildman–Crippen LogP) is 0.494. The Labute approximate surface area is 181 Å². The summed E-state index contributed by atoms with van der Waals surface area (Å²) in [4.78, 5) is 15.3. The molecule has 0 saturated carbocycles. The lowest BCUT2D eigenvalue weighted by Crippen LogP contribution is -3.27. The van der Waals surface area contributed by atoms with Gasteiger partial charge in [0.2, 0.25) is 6.79 Å². The van der Waals surface area contributed by atoms with E-state index in [0.29, 0.717) is 6.79 Å². The molecule has 2 aliphatic heterocycles. The van der Waals surface area contributed by atoms with Gasteiger partial charge in [-0.15, -0.1) is 0 Å². The van der Waals surface area contributed by atoms with Crippen LogP contribution >= 0.6 is 0 Å². The van der Waals surface area contributed by atoms with E-state index in [4.69, 9.17) is 13.9 Å². The third-order valence-corrected chi connectivity index (χ3v) is 7.04. The predicted molar refractivity (Wildman–Crippen MR) is 116 cm³/mol. The van der Waals surface area contributed by atoms with E-state index in [1.165, 1.54) is 23.1 Å². The molecule has 2 aromatic carbocycles. The maximum atomic E-state index is 12.2. The van der Waals surface area contributed by atoms with Crippen LogP contribution in [0.4, 0.5) is 0 Å². The van der Waals surface area contributed by atoms with Gasteiger partial charge >= 0.3 is 5.63 Å².